The molecule has 1 N–H and O–H groups in total. The number of pyridine rings is 1. The van der Waals surface area contributed by atoms with Gasteiger partial charge in [0.1, 0.15) is 0 Å². The van der Waals surface area contributed by atoms with Crippen molar-refractivity contribution in [2.45, 2.75) is 96.8 Å². The summed E-state index contributed by atoms with van der Waals surface area (Å²) in [7, 11) is 0. The summed E-state index contributed by atoms with van der Waals surface area (Å²) in [5.41, 5.74) is 5.03. The quantitative estimate of drug-likeness (QED) is 0.0656. The van der Waals surface area contributed by atoms with E-state index < -0.39 is 13.3 Å². The number of aliphatic hydroxyl groups is 1. The Morgan fingerprint density at radius 1 is 0.898 bits per heavy atom. The molecule has 0 spiro atoms. The van der Waals surface area contributed by atoms with Crippen LogP contribution in [0.25, 0.3) is 44.3 Å². The zero-order valence-corrected chi connectivity index (χ0v) is 35.5. The third-order valence-corrected chi connectivity index (χ3v) is 13.7. The van der Waals surface area contributed by atoms with Gasteiger partial charge in [-0.15, -0.1) is 0 Å². The van der Waals surface area contributed by atoms with E-state index in [1.54, 1.807) is 0 Å². The summed E-state index contributed by atoms with van der Waals surface area (Å²) >= 11 is -1.84. The number of hydrogen-bond acceptors (Lipinski definition) is 4. The number of fused-ring (bicyclic) bond motifs is 2. The van der Waals surface area contributed by atoms with Gasteiger partial charge in [0.2, 0.25) is 0 Å². The van der Waals surface area contributed by atoms with Gasteiger partial charge in [0, 0.05) is 38.0 Å². The average molecular weight is 898 g/mol. The number of allylic oxidation sites excluding steroid dienone is 2. The molecule has 5 aromatic rings. The van der Waals surface area contributed by atoms with Crippen LogP contribution in [0.15, 0.2) is 89.2 Å². The van der Waals surface area contributed by atoms with Gasteiger partial charge in [-0.25, -0.2) is 0 Å². The van der Waals surface area contributed by atoms with Gasteiger partial charge in [-0.3, -0.25) is 4.79 Å². The monoisotopic (exact) mass is 899 g/mol. The van der Waals surface area contributed by atoms with E-state index in [2.05, 4.69) is 105 Å². The Morgan fingerprint density at radius 3 is 2.08 bits per heavy atom. The molecule has 263 valence electrons. The first-order valence-corrected chi connectivity index (χ1v) is 25.0. The summed E-state index contributed by atoms with van der Waals surface area (Å²) in [6, 6.07) is 27.4. The molecule has 0 aliphatic heterocycles. The van der Waals surface area contributed by atoms with Crippen LogP contribution in [0.4, 0.5) is 0 Å². The molecule has 0 unspecified atom stereocenters. The molecular weight excluding hydrogens is 843 g/mol. The first-order chi connectivity index (χ1) is 22.7. The summed E-state index contributed by atoms with van der Waals surface area (Å²) < 4.78 is 7.93. The standard InChI is InChI=1S/C30H30GeNO.C13H24O2.Ir/c1-30(2,3)26-18-23(17-21-9-7-8-10-25(21)26)28-29-22(15-16-32-28)19-27(33-29)20-11-13-24(14-12-20)31(4,5)6;1-5-10(6-2)12(14)9-13(15)11(7-3)8-4;/h7-16,18-19H,1-6H3;9-11,14H,5-8H2,1-4H3;/q-1;;/b;12-9-;. The molecule has 0 saturated heterocycles. The molecule has 49 heavy (non-hydrogen) atoms. The maximum atomic E-state index is 11.7. The van der Waals surface area contributed by atoms with E-state index in [9.17, 15) is 9.90 Å². The summed E-state index contributed by atoms with van der Waals surface area (Å²) in [6.45, 7) is 14.8. The molecule has 0 bridgehead atoms. The van der Waals surface area contributed by atoms with E-state index in [1.165, 1.54) is 21.4 Å². The molecule has 1 radical (unpaired) electrons. The van der Waals surface area contributed by atoms with Crippen LogP contribution in [-0.2, 0) is 30.3 Å². The fraction of sp³-hybridized carbons (Fsp3) is 0.395. The smallest absolute Gasteiger partial charge is 0.512 e. The van der Waals surface area contributed by atoms with Crippen molar-refractivity contribution in [3.63, 3.8) is 0 Å². The van der Waals surface area contributed by atoms with Crippen LogP contribution in [0.2, 0.25) is 17.3 Å². The van der Waals surface area contributed by atoms with Crippen molar-refractivity contribution in [2.24, 2.45) is 11.8 Å². The molecule has 0 amide bonds. The molecule has 0 aliphatic rings. The molecule has 2 aromatic heterocycles. The van der Waals surface area contributed by atoms with Gasteiger partial charge < -0.3 is 5.11 Å². The summed E-state index contributed by atoms with van der Waals surface area (Å²) in [5, 5.41) is 13.2. The number of aromatic nitrogens is 1. The van der Waals surface area contributed by atoms with Crippen molar-refractivity contribution in [2.75, 3.05) is 0 Å². The zero-order valence-electron chi connectivity index (χ0n) is 31.0. The predicted molar refractivity (Wildman–Crippen MR) is 207 cm³/mol. The summed E-state index contributed by atoms with van der Waals surface area (Å²) in [6.07, 6.45) is 6.77. The van der Waals surface area contributed by atoms with Crippen LogP contribution in [-0.4, -0.2) is 29.1 Å². The van der Waals surface area contributed by atoms with Crippen molar-refractivity contribution >= 4 is 45.2 Å². The predicted octanol–water partition coefficient (Wildman–Crippen LogP) is 11.8. The Kier molecular flexibility index (Phi) is 14.3. The molecule has 0 atom stereocenters. The molecule has 2 heterocycles. The van der Waals surface area contributed by atoms with Crippen molar-refractivity contribution in [1.29, 1.82) is 0 Å². The first-order valence-electron chi connectivity index (χ1n) is 17.6. The van der Waals surface area contributed by atoms with Crippen molar-refractivity contribution in [3.8, 4) is 22.6 Å². The first kappa shape index (κ1) is 40.4. The van der Waals surface area contributed by atoms with Crippen LogP contribution in [0.3, 0.4) is 0 Å². The minimum atomic E-state index is -1.84. The second kappa shape index (κ2) is 17.3. The number of nitrogens with zero attached hydrogens (tertiary/aromatic N) is 1. The number of ketones is 1. The SMILES string of the molecule is CC(C)(C)c1cc(-c2nccc3cc(-c4cc[c]([Ge]([CH3])([CH3])[CH3])cc4)oc23)[c-]c2ccccc12.CCC(CC)C(=O)/C=C(\O)C(CC)CC.[Ir]. The molecule has 3 aromatic carbocycles. The number of carbonyl (C=O) groups excluding carboxylic acids is 1. The van der Waals surface area contributed by atoms with Gasteiger partial charge in [-0.1, -0.05) is 66.7 Å². The summed E-state index contributed by atoms with van der Waals surface area (Å²) in [5.74, 6) is 8.68. The van der Waals surface area contributed by atoms with Crippen molar-refractivity contribution < 1.29 is 34.4 Å². The Labute approximate surface area is 310 Å². The third-order valence-electron chi connectivity index (χ3n) is 9.39. The van der Waals surface area contributed by atoms with Crippen LogP contribution >= 0.6 is 0 Å². The number of furan rings is 1. The Hall–Kier alpha value is -2.99. The molecule has 4 nitrogen and oxygen atoms in total. The van der Waals surface area contributed by atoms with Gasteiger partial charge in [0.15, 0.2) is 5.78 Å². The van der Waals surface area contributed by atoms with E-state index in [-0.39, 0.29) is 48.9 Å². The molecular formula is C43H54GeIrNO3-. The van der Waals surface area contributed by atoms with Crippen LogP contribution in [0.1, 0.15) is 79.7 Å². The zero-order chi connectivity index (χ0) is 35.2. The second-order valence-corrected chi connectivity index (χ2v) is 25.6. The molecule has 0 saturated carbocycles. The minimum absolute atomic E-state index is 0. The number of benzene rings is 3. The number of rotatable bonds is 10. The average Bonchev–Trinajstić information content (AvgIpc) is 3.50. The minimum Gasteiger partial charge on any atom is -0.512 e. The van der Waals surface area contributed by atoms with Gasteiger partial charge in [-0.05, 0) is 25.7 Å². The van der Waals surface area contributed by atoms with Crippen molar-refractivity contribution in [3.05, 3.63) is 96.4 Å². The van der Waals surface area contributed by atoms with Gasteiger partial charge in [-0.2, -0.15) is 0 Å². The van der Waals surface area contributed by atoms with E-state index >= 15 is 0 Å². The third kappa shape index (κ3) is 9.84. The summed E-state index contributed by atoms with van der Waals surface area (Å²) in [4.78, 5) is 16.5. The second-order valence-electron chi connectivity index (χ2n) is 14.9. The van der Waals surface area contributed by atoms with E-state index in [0.717, 1.165) is 64.6 Å². The number of aliphatic hydroxyl groups excluding tert-OH is 1. The van der Waals surface area contributed by atoms with E-state index in [4.69, 9.17) is 9.40 Å². The Balaban J connectivity index is 0.000000347. The Morgan fingerprint density at radius 2 is 1.51 bits per heavy atom. The van der Waals surface area contributed by atoms with Crippen LogP contribution in [0.5, 0.6) is 0 Å². The Bertz CT molecular complexity index is 1870. The molecule has 5 rings (SSSR count). The van der Waals surface area contributed by atoms with E-state index in [0.29, 0.717) is 0 Å². The fourth-order valence-corrected chi connectivity index (χ4v) is 8.64. The topological polar surface area (TPSA) is 63.3 Å². The van der Waals surface area contributed by atoms with Crippen molar-refractivity contribution in [1.82, 2.24) is 4.98 Å². The maximum absolute atomic E-state index is 11.7. The molecule has 0 fully saturated rings. The number of carbonyl (C=O) groups is 1. The van der Waals surface area contributed by atoms with Gasteiger partial charge in [0.05, 0.1) is 5.76 Å². The van der Waals surface area contributed by atoms with Gasteiger partial charge >= 0.3 is 160 Å². The number of hydrogen-bond donors (Lipinski definition) is 1. The van der Waals surface area contributed by atoms with Crippen LogP contribution < -0.4 is 4.40 Å². The molecule has 0 aliphatic carbocycles. The van der Waals surface area contributed by atoms with Gasteiger partial charge in [0.25, 0.3) is 0 Å². The molecule has 6 heteroatoms. The van der Waals surface area contributed by atoms with E-state index in [1.807, 2.05) is 40.0 Å². The van der Waals surface area contributed by atoms with Crippen LogP contribution in [0, 0.1) is 17.9 Å². The fourth-order valence-electron chi connectivity index (χ4n) is 6.19. The normalized spacial score (nSPS) is 12.3.